The molecular formula is C25H29F3N2O6S. The number of nitrogens with one attached hydrogen (secondary N) is 1. The van der Waals surface area contributed by atoms with Gasteiger partial charge in [0, 0.05) is 19.5 Å². The maximum Gasteiger partial charge on any atom is 0.573 e. The van der Waals surface area contributed by atoms with Crippen molar-refractivity contribution in [1.29, 1.82) is 0 Å². The predicted octanol–water partition coefficient (Wildman–Crippen LogP) is 4.10. The molecule has 12 heteroatoms. The van der Waals surface area contributed by atoms with Gasteiger partial charge in [-0.2, -0.15) is 4.31 Å². The standard InChI is InChI=1S/C25H29F3N2O6S/c1-2-3-17-4-6-18(7-5-17)16-29-24(33)22-14-19(15-23(31)32)12-13-30(22)37(34,35)21-10-8-20(9-11-21)36-25(26,27)28/h4-11,19,22H,2-3,12-16H2,1H3,(H,29,33)(H,31,32)/t19?,22-/m1/s1. The van der Waals surface area contributed by atoms with Crippen molar-refractivity contribution in [2.75, 3.05) is 6.54 Å². The highest BCUT2D eigenvalue weighted by atomic mass is 32.2. The fourth-order valence-corrected chi connectivity index (χ4v) is 5.96. The van der Waals surface area contributed by atoms with E-state index in [-0.39, 0.29) is 37.2 Å². The minimum absolute atomic E-state index is 0.00205. The molecule has 3 rings (SSSR count). The molecule has 1 amide bonds. The van der Waals surface area contributed by atoms with Crippen LogP contribution < -0.4 is 10.1 Å². The maximum atomic E-state index is 13.4. The Morgan fingerprint density at radius 3 is 2.27 bits per heavy atom. The van der Waals surface area contributed by atoms with Crippen molar-refractivity contribution in [2.45, 2.75) is 62.9 Å². The number of benzene rings is 2. The molecule has 202 valence electrons. The number of ether oxygens (including phenoxy) is 1. The van der Waals surface area contributed by atoms with Crippen LogP contribution in [0.4, 0.5) is 13.2 Å². The van der Waals surface area contributed by atoms with Crippen LogP contribution in [-0.2, 0) is 32.6 Å². The Labute approximate surface area is 213 Å². The maximum absolute atomic E-state index is 13.4. The molecular weight excluding hydrogens is 513 g/mol. The minimum Gasteiger partial charge on any atom is -0.481 e. The second-order valence-electron chi connectivity index (χ2n) is 8.92. The summed E-state index contributed by atoms with van der Waals surface area (Å²) in [5, 5.41) is 11.9. The zero-order chi connectivity index (χ0) is 27.2. The summed E-state index contributed by atoms with van der Waals surface area (Å²) in [6.45, 7) is 2.12. The SMILES string of the molecule is CCCc1ccc(CNC(=O)[C@H]2CC(CC(=O)O)CCN2S(=O)(=O)c2ccc(OC(F)(F)F)cc2)cc1. The average Bonchev–Trinajstić information content (AvgIpc) is 2.82. The lowest BCUT2D eigenvalue weighted by Crippen LogP contribution is -2.53. The minimum atomic E-state index is -4.92. The van der Waals surface area contributed by atoms with E-state index in [4.69, 9.17) is 0 Å². The van der Waals surface area contributed by atoms with Crippen LogP contribution in [0.2, 0.25) is 0 Å². The number of sulfonamides is 1. The molecule has 1 fully saturated rings. The molecule has 1 saturated heterocycles. The van der Waals surface area contributed by atoms with Crippen LogP contribution in [-0.4, -0.2) is 48.7 Å². The average molecular weight is 543 g/mol. The summed E-state index contributed by atoms with van der Waals surface area (Å²) in [5.74, 6) is -2.61. The molecule has 2 aromatic carbocycles. The number of piperidine rings is 1. The second kappa shape index (κ2) is 12.0. The Bertz CT molecular complexity index is 1180. The van der Waals surface area contributed by atoms with E-state index in [1.807, 2.05) is 24.3 Å². The number of hydrogen-bond donors (Lipinski definition) is 2. The van der Waals surface area contributed by atoms with Gasteiger partial charge in [0.05, 0.1) is 4.90 Å². The molecule has 0 aromatic heterocycles. The van der Waals surface area contributed by atoms with Crippen LogP contribution in [0.1, 0.15) is 43.7 Å². The van der Waals surface area contributed by atoms with Crippen molar-refractivity contribution in [3.63, 3.8) is 0 Å². The predicted molar refractivity (Wildman–Crippen MR) is 128 cm³/mol. The van der Waals surface area contributed by atoms with E-state index in [0.717, 1.165) is 52.5 Å². The Kier molecular flexibility index (Phi) is 9.19. The fraction of sp³-hybridized carbons (Fsp3) is 0.440. The van der Waals surface area contributed by atoms with Gasteiger partial charge in [-0.3, -0.25) is 9.59 Å². The fourth-order valence-electron chi connectivity index (χ4n) is 4.34. The molecule has 2 aromatic rings. The summed E-state index contributed by atoms with van der Waals surface area (Å²) >= 11 is 0. The van der Waals surface area contributed by atoms with Gasteiger partial charge in [0.15, 0.2) is 0 Å². The van der Waals surface area contributed by atoms with Crippen LogP contribution >= 0.6 is 0 Å². The van der Waals surface area contributed by atoms with Crippen molar-refractivity contribution in [1.82, 2.24) is 9.62 Å². The lowest BCUT2D eigenvalue weighted by atomic mass is 9.89. The molecule has 0 spiro atoms. The van der Waals surface area contributed by atoms with Gasteiger partial charge < -0.3 is 15.2 Å². The zero-order valence-corrected chi connectivity index (χ0v) is 21.0. The van der Waals surface area contributed by atoms with Crippen molar-refractivity contribution in [3.8, 4) is 5.75 Å². The zero-order valence-electron chi connectivity index (χ0n) is 20.2. The van der Waals surface area contributed by atoms with E-state index < -0.39 is 46.0 Å². The van der Waals surface area contributed by atoms with Crippen molar-refractivity contribution in [3.05, 3.63) is 59.7 Å². The van der Waals surface area contributed by atoms with Crippen molar-refractivity contribution >= 4 is 21.9 Å². The summed E-state index contributed by atoms with van der Waals surface area (Å²) in [5.41, 5.74) is 1.98. The number of nitrogens with zero attached hydrogens (tertiary/aromatic N) is 1. The van der Waals surface area contributed by atoms with Gasteiger partial charge in [-0.05, 0) is 60.6 Å². The summed E-state index contributed by atoms with van der Waals surface area (Å²) in [7, 11) is -4.28. The number of aliphatic carboxylic acids is 1. The van der Waals surface area contributed by atoms with E-state index in [1.54, 1.807) is 0 Å². The van der Waals surface area contributed by atoms with Gasteiger partial charge in [0.25, 0.3) is 0 Å². The molecule has 0 aliphatic carbocycles. The number of carboxylic acid groups (broad SMARTS) is 1. The van der Waals surface area contributed by atoms with E-state index in [9.17, 15) is 36.3 Å². The number of carbonyl (C=O) groups is 2. The highest BCUT2D eigenvalue weighted by Gasteiger charge is 2.41. The summed E-state index contributed by atoms with van der Waals surface area (Å²) in [6.07, 6.45) is -2.98. The number of carboxylic acids is 1. The lowest BCUT2D eigenvalue weighted by Gasteiger charge is -2.37. The Morgan fingerprint density at radius 2 is 1.70 bits per heavy atom. The second-order valence-corrected chi connectivity index (χ2v) is 10.8. The first-order valence-electron chi connectivity index (χ1n) is 11.8. The van der Waals surface area contributed by atoms with Crippen molar-refractivity contribution < 1.29 is 41.0 Å². The number of aryl methyl sites for hydroxylation is 1. The number of rotatable bonds is 10. The van der Waals surface area contributed by atoms with E-state index in [0.29, 0.717) is 0 Å². The van der Waals surface area contributed by atoms with Gasteiger partial charge >= 0.3 is 12.3 Å². The molecule has 2 atom stereocenters. The summed E-state index contributed by atoms with van der Waals surface area (Å²) in [4.78, 5) is 24.1. The van der Waals surface area contributed by atoms with Gasteiger partial charge in [0.2, 0.25) is 15.9 Å². The largest absolute Gasteiger partial charge is 0.573 e. The molecule has 0 saturated carbocycles. The Morgan fingerprint density at radius 1 is 1.08 bits per heavy atom. The number of carbonyl (C=O) groups excluding carboxylic acids is 1. The molecule has 0 bridgehead atoms. The number of alkyl halides is 3. The third-order valence-corrected chi connectivity index (χ3v) is 8.04. The number of hydrogen-bond acceptors (Lipinski definition) is 5. The van der Waals surface area contributed by atoms with E-state index in [1.165, 1.54) is 0 Å². The van der Waals surface area contributed by atoms with Crippen molar-refractivity contribution in [2.24, 2.45) is 5.92 Å². The monoisotopic (exact) mass is 542 g/mol. The van der Waals surface area contributed by atoms with Gasteiger partial charge in [0.1, 0.15) is 11.8 Å². The number of amides is 1. The van der Waals surface area contributed by atoms with Crippen LogP contribution in [0.3, 0.4) is 0 Å². The first-order valence-corrected chi connectivity index (χ1v) is 13.3. The highest BCUT2D eigenvalue weighted by molar-refractivity contribution is 7.89. The van der Waals surface area contributed by atoms with Gasteiger partial charge in [-0.15, -0.1) is 13.2 Å². The van der Waals surface area contributed by atoms with Gasteiger partial charge in [-0.25, -0.2) is 8.42 Å². The molecule has 2 N–H and O–H groups in total. The molecule has 0 radical (unpaired) electrons. The molecule has 1 heterocycles. The third-order valence-electron chi connectivity index (χ3n) is 6.12. The first kappa shape index (κ1) is 28.5. The Balaban J connectivity index is 1.79. The van der Waals surface area contributed by atoms with Crippen LogP contribution in [0.15, 0.2) is 53.4 Å². The molecule has 37 heavy (non-hydrogen) atoms. The quantitative estimate of drug-likeness (QED) is 0.468. The van der Waals surface area contributed by atoms with E-state index >= 15 is 0 Å². The lowest BCUT2D eigenvalue weighted by molar-refractivity contribution is -0.274. The molecule has 8 nitrogen and oxygen atoms in total. The number of halogens is 3. The molecule has 1 aliphatic rings. The molecule has 1 unspecified atom stereocenters. The third kappa shape index (κ3) is 7.93. The molecule has 1 aliphatic heterocycles. The summed E-state index contributed by atoms with van der Waals surface area (Å²) in [6, 6.07) is 10.2. The van der Waals surface area contributed by atoms with Crippen LogP contribution in [0, 0.1) is 5.92 Å². The van der Waals surface area contributed by atoms with Crippen LogP contribution in [0.5, 0.6) is 5.75 Å². The Hall–Kier alpha value is -3.12. The normalized spacial score (nSPS) is 18.8. The topological polar surface area (TPSA) is 113 Å². The van der Waals surface area contributed by atoms with Gasteiger partial charge in [-0.1, -0.05) is 37.6 Å². The summed E-state index contributed by atoms with van der Waals surface area (Å²) < 4.78 is 68.9. The first-order chi connectivity index (χ1) is 17.4. The van der Waals surface area contributed by atoms with Crippen LogP contribution in [0.25, 0.3) is 0 Å². The smallest absolute Gasteiger partial charge is 0.481 e. The highest BCUT2D eigenvalue weighted by Crippen LogP contribution is 2.32. The van der Waals surface area contributed by atoms with E-state index in [2.05, 4.69) is 17.0 Å².